The normalized spacial score (nSPS) is 23.1. The van der Waals surface area contributed by atoms with Gasteiger partial charge in [0.05, 0.1) is 5.56 Å². The van der Waals surface area contributed by atoms with Gasteiger partial charge in [0.25, 0.3) is 5.91 Å². The van der Waals surface area contributed by atoms with E-state index in [4.69, 9.17) is 11.6 Å². The minimum absolute atomic E-state index is 0.0572. The Labute approximate surface area is 125 Å². The molecule has 0 aromatic heterocycles. The Kier molecular flexibility index (Phi) is 5.22. The lowest BCUT2D eigenvalue weighted by molar-refractivity contribution is 0.0907. The standard InChI is InChI=1S/C14H16BrClFNO/c15-10-5-6-11(12(17)7-10)14(19)18-13-4-2-1-3-9(13)8-16/h5-7,9,13H,1-4,8H2,(H,18,19). The number of hydrogen-bond acceptors (Lipinski definition) is 1. The molecule has 0 bridgehead atoms. The van der Waals surface area contributed by atoms with Crippen LogP contribution in [-0.2, 0) is 0 Å². The highest BCUT2D eigenvalue weighted by Crippen LogP contribution is 2.26. The molecule has 2 rings (SSSR count). The molecule has 0 saturated heterocycles. The second-order valence-corrected chi connectivity index (χ2v) is 6.13. The van der Waals surface area contributed by atoms with Gasteiger partial charge in [-0.3, -0.25) is 4.79 Å². The molecular formula is C14H16BrClFNO. The molecule has 1 aliphatic rings. The van der Waals surface area contributed by atoms with Gasteiger partial charge in [-0.25, -0.2) is 4.39 Å². The van der Waals surface area contributed by atoms with Gasteiger partial charge in [0, 0.05) is 16.4 Å². The van der Waals surface area contributed by atoms with Crippen LogP contribution in [0.25, 0.3) is 0 Å². The topological polar surface area (TPSA) is 29.1 Å². The monoisotopic (exact) mass is 347 g/mol. The van der Waals surface area contributed by atoms with Crippen molar-refractivity contribution in [2.75, 3.05) is 5.88 Å². The van der Waals surface area contributed by atoms with E-state index in [-0.39, 0.29) is 23.4 Å². The van der Waals surface area contributed by atoms with Gasteiger partial charge in [-0.1, -0.05) is 28.8 Å². The maximum Gasteiger partial charge on any atom is 0.254 e. The van der Waals surface area contributed by atoms with E-state index in [0.29, 0.717) is 10.4 Å². The molecule has 1 aromatic carbocycles. The van der Waals surface area contributed by atoms with E-state index in [2.05, 4.69) is 21.2 Å². The highest BCUT2D eigenvalue weighted by atomic mass is 79.9. The van der Waals surface area contributed by atoms with Crippen LogP contribution in [0.2, 0.25) is 0 Å². The van der Waals surface area contributed by atoms with Gasteiger partial charge in [-0.2, -0.15) is 0 Å². The van der Waals surface area contributed by atoms with Gasteiger partial charge in [0.2, 0.25) is 0 Å². The fraction of sp³-hybridized carbons (Fsp3) is 0.500. The van der Waals surface area contributed by atoms with Crippen LogP contribution in [-0.4, -0.2) is 17.8 Å². The number of halogens is 3. The number of rotatable bonds is 3. The predicted molar refractivity (Wildman–Crippen MR) is 78.0 cm³/mol. The molecule has 0 spiro atoms. The second-order valence-electron chi connectivity index (χ2n) is 4.90. The fourth-order valence-electron chi connectivity index (χ4n) is 2.50. The van der Waals surface area contributed by atoms with Crippen molar-refractivity contribution in [3.05, 3.63) is 34.1 Å². The highest BCUT2D eigenvalue weighted by Gasteiger charge is 2.26. The van der Waals surface area contributed by atoms with Gasteiger partial charge >= 0.3 is 0 Å². The molecule has 1 amide bonds. The Morgan fingerprint density at radius 3 is 2.84 bits per heavy atom. The first-order valence-corrected chi connectivity index (χ1v) is 7.76. The minimum atomic E-state index is -0.509. The first-order chi connectivity index (χ1) is 9.11. The summed E-state index contributed by atoms with van der Waals surface area (Å²) in [6.45, 7) is 0. The number of carbonyl (C=O) groups is 1. The fourth-order valence-corrected chi connectivity index (χ4v) is 3.20. The van der Waals surface area contributed by atoms with Crippen molar-refractivity contribution in [1.82, 2.24) is 5.32 Å². The molecule has 1 N–H and O–H groups in total. The van der Waals surface area contributed by atoms with Crippen molar-refractivity contribution in [2.45, 2.75) is 31.7 Å². The van der Waals surface area contributed by atoms with Gasteiger partial charge < -0.3 is 5.32 Å². The summed E-state index contributed by atoms with van der Waals surface area (Å²) in [7, 11) is 0. The maximum absolute atomic E-state index is 13.7. The van der Waals surface area contributed by atoms with E-state index >= 15 is 0 Å². The van der Waals surface area contributed by atoms with E-state index in [0.717, 1.165) is 25.7 Å². The SMILES string of the molecule is O=C(NC1CCCCC1CCl)c1ccc(Br)cc1F. The molecule has 0 heterocycles. The smallest absolute Gasteiger partial charge is 0.254 e. The van der Waals surface area contributed by atoms with Gasteiger partial charge in [0.15, 0.2) is 0 Å². The molecule has 2 nitrogen and oxygen atoms in total. The molecule has 19 heavy (non-hydrogen) atoms. The van der Waals surface area contributed by atoms with E-state index in [9.17, 15) is 9.18 Å². The molecule has 1 aliphatic carbocycles. The average molecular weight is 349 g/mol. The van der Waals surface area contributed by atoms with E-state index in [1.807, 2.05) is 0 Å². The van der Waals surface area contributed by atoms with Crippen LogP contribution in [0.5, 0.6) is 0 Å². The third-order valence-corrected chi connectivity index (χ3v) is 4.49. The molecule has 1 aromatic rings. The Morgan fingerprint density at radius 2 is 2.16 bits per heavy atom. The quantitative estimate of drug-likeness (QED) is 0.818. The van der Waals surface area contributed by atoms with Crippen molar-refractivity contribution >= 4 is 33.4 Å². The maximum atomic E-state index is 13.7. The molecule has 1 fully saturated rings. The summed E-state index contributed by atoms with van der Waals surface area (Å²) in [5.41, 5.74) is 0.0853. The third-order valence-electron chi connectivity index (χ3n) is 3.60. The zero-order chi connectivity index (χ0) is 13.8. The van der Waals surface area contributed by atoms with Crippen LogP contribution in [0.4, 0.5) is 4.39 Å². The van der Waals surface area contributed by atoms with E-state index in [1.54, 1.807) is 6.07 Å². The van der Waals surface area contributed by atoms with E-state index in [1.165, 1.54) is 12.1 Å². The first-order valence-electron chi connectivity index (χ1n) is 6.43. The number of hydrogen-bond donors (Lipinski definition) is 1. The van der Waals surface area contributed by atoms with Crippen molar-refractivity contribution < 1.29 is 9.18 Å². The molecule has 5 heteroatoms. The second kappa shape index (κ2) is 6.71. The van der Waals surface area contributed by atoms with Crippen LogP contribution in [0, 0.1) is 11.7 Å². The molecule has 104 valence electrons. The molecule has 2 atom stereocenters. The van der Waals surface area contributed by atoms with Crippen LogP contribution >= 0.6 is 27.5 Å². The van der Waals surface area contributed by atoms with Crippen LogP contribution in [0.3, 0.4) is 0 Å². The lowest BCUT2D eigenvalue weighted by Crippen LogP contribution is -2.43. The number of nitrogens with one attached hydrogen (secondary N) is 1. The van der Waals surface area contributed by atoms with E-state index < -0.39 is 5.82 Å². The molecule has 1 saturated carbocycles. The predicted octanol–water partition coefficient (Wildman–Crippen LogP) is 4.12. The lowest BCUT2D eigenvalue weighted by Gasteiger charge is -2.30. The summed E-state index contributed by atoms with van der Waals surface area (Å²) in [5, 5.41) is 2.92. The number of benzene rings is 1. The van der Waals surface area contributed by atoms with Crippen molar-refractivity contribution in [2.24, 2.45) is 5.92 Å². The average Bonchev–Trinajstić information content (AvgIpc) is 2.39. The summed E-state index contributed by atoms with van der Waals surface area (Å²) in [6.07, 6.45) is 4.18. The minimum Gasteiger partial charge on any atom is -0.349 e. The summed E-state index contributed by atoms with van der Waals surface area (Å²) in [6, 6.07) is 4.52. The Morgan fingerprint density at radius 1 is 1.42 bits per heavy atom. The third kappa shape index (κ3) is 3.69. The molecular weight excluding hydrogens is 333 g/mol. The Hall–Kier alpha value is -0.610. The van der Waals surface area contributed by atoms with Crippen LogP contribution in [0.1, 0.15) is 36.0 Å². The molecule has 0 aliphatic heterocycles. The largest absolute Gasteiger partial charge is 0.349 e. The van der Waals surface area contributed by atoms with Crippen LogP contribution < -0.4 is 5.32 Å². The Balaban J connectivity index is 2.07. The summed E-state index contributed by atoms with van der Waals surface area (Å²) < 4.78 is 14.3. The first kappa shape index (κ1) is 14.8. The summed E-state index contributed by atoms with van der Waals surface area (Å²) in [4.78, 5) is 12.1. The molecule has 2 unspecified atom stereocenters. The van der Waals surface area contributed by atoms with Gasteiger partial charge in [-0.15, -0.1) is 11.6 Å². The Bertz CT molecular complexity index is 469. The van der Waals surface area contributed by atoms with Crippen molar-refractivity contribution in [3.63, 3.8) is 0 Å². The van der Waals surface area contributed by atoms with Gasteiger partial charge in [-0.05, 0) is 37.0 Å². The summed E-state index contributed by atoms with van der Waals surface area (Å²) in [5.74, 6) is -0.0386. The van der Waals surface area contributed by atoms with Crippen molar-refractivity contribution in [3.8, 4) is 0 Å². The number of amides is 1. The van der Waals surface area contributed by atoms with Gasteiger partial charge in [0.1, 0.15) is 5.82 Å². The number of carbonyl (C=O) groups excluding carboxylic acids is 1. The lowest BCUT2D eigenvalue weighted by atomic mass is 9.85. The zero-order valence-corrected chi connectivity index (χ0v) is 12.8. The number of alkyl halides is 1. The molecule has 0 radical (unpaired) electrons. The zero-order valence-electron chi connectivity index (χ0n) is 10.5. The van der Waals surface area contributed by atoms with Crippen LogP contribution in [0.15, 0.2) is 22.7 Å². The van der Waals surface area contributed by atoms with Crippen molar-refractivity contribution in [1.29, 1.82) is 0 Å². The highest BCUT2D eigenvalue weighted by molar-refractivity contribution is 9.10. The summed E-state index contributed by atoms with van der Waals surface area (Å²) >= 11 is 9.10.